The van der Waals surface area contributed by atoms with Gasteiger partial charge < -0.3 is 9.64 Å². The molecule has 2 aromatic carbocycles. The van der Waals surface area contributed by atoms with Crippen molar-refractivity contribution in [3.63, 3.8) is 0 Å². The van der Waals surface area contributed by atoms with Crippen LogP contribution in [0.4, 0.5) is 4.39 Å². The number of amides is 2. The number of allylic oxidation sites excluding steroid dienone is 2. The first-order chi connectivity index (χ1) is 24.7. The summed E-state index contributed by atoms with van der Waals surface area (Å²) in [4.78, 5) is 48.2. The Morgan fingerprint density at radius 3 is 2.62 bits per heavy atom. The number of hydrogen-bond acceptors (Lipinski definition) is 8. The normalized spacial score (nSPS) is 23.6. The van der Waals surface area contributed by atoms with Crippen molar-refractivity contribution in [1.29, 1.82) is 0 Å². The number of benzene rings is 2. The maximum atomic E-state index is 14.4. The second kappa shape index (κ2) is 15.4. The van der Waals surface area contributed by atoms with Crippen molar-refractivity contribution in [3.8, 4) is 5.19 Å². The number of likely N-dealkylation sites (tertiary alicyclic amines) is 1. The van der Waals surface area contributed by atoms with Crippen LogP contribution in [0.25, 0.3) is 10.2 Å². The summed E-state index contributed by atoms with van der Waals surface area (Å²) in [6.07, 6.45) is 10.4. The van der Waals surface area contributed by atoms with Gasteiger partial charge in [0.2, 0.25) is 21.8 Å². The van der Waals surface area contributed by atoms with Crippen LogP contribution in [0.3, 0.4) is 0 Å². The molecule has 12 heteroatoms. The van der Waals surface area contributed by atoms with Gasteiger partial charge in [0.15, 0.2) is 5.78 Å². The molecule has 6 rings (SSSR count). The molecule has 2 heterocycles. The quantitative estimate of drug-likeness (QED) is 0.112. The number of aromatic nitrogens is 1. The third-order valence-electron chi connectivity index (χ3n) is 11.0. The molecule has 3 aromatic rings. The van der Waals surface area contributed by atoms with Crippen LogP contribution < -0.4 is 9.46 Å². The predicted molar refractivity (Wildman–Crippen MR) is 201 cm³/mol. The molecular formula is C40H50FN3O6S2. The molecule has 0 unspecified atom stereocenters. The molecular weight excluding hydrogens is 702 g/mol. The van der Waals surface area contributed by atoms with Crippen molar-refractivity contribution in [2.75, 3.05) is 6.54 Å². The molecule has 3 aliphatic rings. The molecule has 2 saturated carbocycles. The zero-order valence-electron chi connectivity index (χ0n) is 30.6. The van der Waals surface area contributed by atoms with Gasteiger partial charge in [-0.1, -0.05) is 61.8 Å². The minimum Gasteiger partial charge on any atom is -0.465 e. The Balaban J connectivity index is 1.21. The van der Waals surface area contributed by atoms with Gasteiger partial charge in [0.25, 0.3) is 5.19 Å². The van der Waals surface area contributed by atoms with E-state index in [1.807, 2.05) is 43.3 Å². The molecule has 2 aliphatic carbocycles. The van der Waals surface area contributed by atoms with Gasteiger partial charge in [0.1, 0.15) is 11.9 Å². The summed E-state index contributed by atoms with van der Waals surface area (Å²) in [5, 5.41) is 0.447. The number of rotatable bonds is 17. The van der Waals surface area contributed by atoms with Crippen LogP contribution in [-0.4, -0.2) is 59.3 Å². The second-order valence-electron chi connectivity index (χ2n) is 15.4. The van der Waals surface area contributed by atoms with Gasteiger partial charge in [0.05, 0.1) is 33.0 Å². The van der Waals surface area contributed by atoms with Gasteiger partial charge in [-0.15, -0.1) is 0 Å². The van der Waals surface area contributed by atoms with Crippen LogP contribution >= 0.6 is 11.3 Å². The van der Waals surface area contributed by atoms with E-state index in [0.717, 1.165) is 53.4 Å². The molecule has 0 radical (unpaired) electrons. The van der Waals surface area contributed by atoms with Gasteiger partial charge in [-0.25, -0.2) is 17.8 Å². The molecule has 0 spiro atoms. The van der Waals surface area contributed by atoms with Crippen LogP contribution in [0.15, 0.2) is 48.6 Å². The van der Waals surface area contributed by atoms with Gasteiger partial charge >= 0.3 is 0 Å². The van der Waals surface area contributed by atoms with Crippen molar-refractivity contribution < 1.29 is 31.9 Å². The number of carbonyl (C=O) groups is 3. The average molecular weight is 752 g/mol. The van der Waals surface area contributed by atoms with Crippen LogP contribution in [0.2, 0.25) is 0 Å². The first-order valence-electron chi connectivity index (χ1n) is 18.6. The summed E-state index contributed by atoms with van der Waals surface area (Å²) in [5.41, 5.74) is 2.13. The summed E-state index contributed by atoms with van der Waals surface area (Å²) < 4.78 is 49.1. The first-order valence-corrected chi connectivity index (χ1v) is 20.9. The molecule has 1 saturated heterocycles. The molecule has 1 N–H and O–H groups in total. The maximum Gasteiger partial charge on any atom is 0.274 e. The summed E-state index contributed by atoms with van der Waals surface area (Å²) in [7, 11) is -3.92. The van der Waals surface area contributed by atoms with E-state index in [4.69, 9.17) is 4.74 Å². The summed E-state index contributed by atoms with van der Waals surface area (Å²) in [5.74, 6) is -1.88. The van der Waals surface area contributed by atoms with Gasteiger partial charge in [-0.3, -0.25) is 19.1 Å². The summed E-state index contributed by atoms with van der Waals surface area (Å²) >= 11 is 1.40. The van der Waals surface area contributed by atoms with Crippen LogP contribution in [-0.2, 0) is 30.8 Å². The predicted octanol–water partition coefficient (Wildman–Crippen LogP) is 7.52. The largest absolute Gasteiger partial charge is 0.465 e. The number of halogens is 1. The van der Waals surface area contributed by atoms with E-state index in [1.165, 1.54) is 28.4 Å². The smallest absolute Gasteiger partial charge is 0.274 e. The Morgan fingerprint density at radius 2 is 1.88 bits per heavy atom. The lowest BCUT2D eigenvalue weighted by atomic mass is 9.91. The van der Waals surface area contributed by atoms with Gasteiger partial charge in [-0.2, -0.15) is 0 Å². The first kappa shape index (κ1) is 38.1. The second-order valence-corrected chi connectivity index (χ2v) is 18.6. The number of ether oxygens (including phenoxy) is 1. The number of unbranched alkanes of at least 4 members (excludes halogenated alkanes) is 4. The van der Waals surface area contributed by atoms with E-state index in [-0.39, 0.29) is 49.2 Å². The van der Waals surface area contributed by atoms with E-state index in [0.29, 0.717) is 36.4 Å². The van der Waals surface area contributed by atoms with Crippen LogP contribution in [0.1, 0.15) is 101 Å². The van der Waals surface area contributed by atoms with Crippen molar-refractivity contribution in [1.82, 2.24) is 14.6 Å². The Hall–Kier alpha value is -3.64. The minimum atomic E-state index is -3.92. The lowest BCUT2D eigenvalue weighted by molar-refractivity contribution is -0.139. The number of carbonyl (C=O) groups excluding carboxylic acids is 3. The van der Waals surface area contributed by atoms with E-state index in [2.05, 4.69) is 16.6 Å². The van der Waals surface area contributed by atoms with E-state index in [9.17, 15) is 27.2 Å². The number of nitrogens with zero attached hydrogens (tertiary/aromatic N) is 2. The van der Waals surface area contributed by atoms with Crippen molar-refractivity contribution in [2.24, 2.45) is 11.3 Å². The van der Waals surface area contributed by atoms with Crippen LogP contribution in [0, 0.1) is 31.0 Å². The SMILES string of the molecule is CCCCCC/C=C\[C@@H]1C[C@]1(CC(=O)[C@@H]1C[C@@H](Oc2nc3ccc(C)cc3s2)CN1C(=O)CCc1cc(C)cc(F)c1)C(=O)NS(=O)(=O)C1(C)CC1. The molecule has 280 valence electrons. The van der Waals surface area contributed by atoms with Gasteiger partial charge in [0, 0.05) is 19.3 Å². The number of fused-ring (bicyclic) bond motifs is 1. The highest BCUT2D eigenvalue weighted by Gasteiger charge is 2.62. The topological polar surface area (TPSA) is 123 Å². The summed E-state index contributed by atoms with van der Waals surface area (Å²) in [6, 6.07) is 9.75. The van der Waals surface area contributed by atoms with Gasteiger partial charge in [-0.05, 0) is 106 Å². The number of ketones is 1. The van der Waals surface area contributed by atoms with Crippen molar-refractivity contribution in [2.45, 2.75) is 122 Å². The van der Waals surface area contributed by atoms with Crippen molar-refractivity contribution >= 4 is 49.2 Å². The molecule has 9 nitrogen and oxygen atoms in total. The zero-order valence-corrected chi connectivity index (χ0v) is 32.2. The molecule has 2 amide bonds. The number of aryl methyl sites for hydroxylation is 3. The Kier molecular flexibility index (Phi) is 11.3. The molecule has 1 aromatic heterocycles. The molecule has 4 atom stereocenters. The minimum absolute atomic E-state index is 0.0612. The van der Waals surface area contributed by atoms with E-state index < -0.39 is 38.2 Å². The third kappa shape index (κ3) is 8.59. The highest BCUT2D eigenvalue weighted by Crippen LogP contribution is 2.57. The standard InChI is InChI=1S/C40H50FN3O6S2/c1-5-6-7-8-9-10-11-29-23-40(29,37(47)43-52(48,49)39(4)16-17-39)24-34(45)33-22-31(50-38-42-32-14-12-26(2)20-35(32)51-38)25-44(33)36(46)15-13-28-18-27(3)19-30(41)21-28/h10-12,14,18-21,29,31,33H,5-9,13,15-17,22-25H2,1-4H3,(H,43,47)/b11-10-/t29-,31-,33+,40-/m1/s1. The lowest BCUT2D eigenvalue weighted by Gasteiger charge is -2.25. The zero-order chi connectivity index (χ0) is 37.3. The number of sulfonamides is 1. The maximum absolute atomic E-state index is 14.4. The fraction of sp³-hybridized carbons (Fsp3) is 0.550. The number of thiazole rings is 1. The molecule has 3 fully saturated rings. The molecule has 52 heavy (non-hydrogen) atoms. The van der Waals surface area contributed by atoms with E-state index in [1.54, 1.807) is 13.8 Å². The highest BCUT2D eigenvalue weighted by molar-refractivity contribution is 7.91. The third-order valence-corrected chi connectivity index (χ3v) is 14.0. The number of hydrogen-bond donors (Lipinski definition) is 1. The lowest BCUT2D eigenvalue weighted by Crippen LogP contribution is -2.46. The number of Topliss-reactive ketones (excluding diaryl/α,β-unsaturated/α-hetero) is 1. The number of nitrogens with one attached hydrogen (secondary N) is 1. The Morgan fingerprint density at radius 1 is 1.10 bits per heavy atom. The Labute approximate surface area is 310 Å². The molecule has 1 aliphatic heterocycles. The average Bonchev–Trinajstić information content (AvgIpc) is 3.89. The fourth-order valence-electron chi connectivity index (χ4n) is 7.32. The fourth-order valence-corrected chi connectivity index (χ4v) is 9.63. The van der Waals surface area contributed by atoms with E-state index >= 15 is 0 Å². The summed E-state index contributed by atoms with van der Waals surface area (Å²) in [6.45, 7) is 7.73. The molecule has 0 bridgehead atoms. The highest BCUT2D eigenvalue weighted by atomic mass is 32.2. The Bertz CT molecular complexity index is 1950. The van der Waals surface area contributed by atoms with Crippen molar-refractivity contribution in [3.05, 3.63) is 71.1 Å². The monoisotopic (exact) mass is 751 g/mol. The van der Waals surface area contributed by atoms with Crippen LogP contribution in [0.5, 0.6) is 5.19 Å².